The van der Waals surface area contributed by atoms with Crippen LogP contribution in [0.4, 0.5) is 14.5 Å². The normalized spacial score (nSPS) is 10.8. The summed E-state index contributed by atoms with van der Waals surface area (Å²) in [6.45, 7) is 0.831. The van der Waals surface area contributed by atoms with Gasteiger partial charge in [-0.05, 0) is 52.7 Å². The second-order valence-electron chi connectivity index (χ2n) is 4.53. The lowest BCUT2D eigenvalue weighted by Gasteiger charge is -2.20. The van der Waals surface area contributed by atoms with E-state index in [2.05, 4.69) is 15.9 Å². The molecule has 2 aromatic rings. The Morgan fingerprint density at radius 3 is 2.40 bits per heavy atom. The van der Waals surface area contributed by atoms with Crippen LogP contribution in [-0.4, -0.2) is 13.6 Å². The molecule has 1 aromatic carbocycles. The molecule has 0 saturated heterocycles. The molecule has 108 valence electrons. The number of thiophene rings is 1. The van der Waals surface area contributed by atoms with Crippen LogP contribution >= 0.6 is 27.3 Å². The first-order valence-electron chi connectivity index (χ1n) is 6.13. The molecule has 0 bridgehead atoms. The molecule has 0 amide bonds. The minimum Gasteiger partial charge on any atom is -0.365 e. The van der Waals surface area contributed by atoms with E-state index in [1.165, 1.54) is 12.1 Å². The van der Waals surface area contributed by atoms with E-state index >= 15 is 0 Å². The highest BCUT2D eigenvalue weighted by atomic mass is 79.9. The van der Waals surface area contributed by atoms with Crippen LogP contribution in [0.2, 0.25) is 0 Å². The van der Waals surface area contributed by atoms with Crippen LogP contribution in [-0.2, 0) is 13.0 Å². The summed E-state index contributed by atoms with van der Waals surface area (Å²) < 4.78 is 29.1. The van der Waals surface area contributed by atoms with Gasteiger partial charge in [-0.3, -0.25) is 0 Å². The minimum absolute atomic E-state index is 0.00436. The van der Waals surface area contributed by atoms with Crippen molar-refractivity contribution in [2.24, 2.45) is 5.73 Å². The first-order chi connectivity index (χ1) is 9.51. The Hall–Kier alpha value is -0.980. The molecule has 20 heavy (non-hydrogen) atoms. The van der Waals surface area contributed by atoms with Gasteiger partial charge in [0.25, 0.3) is 0 Å². The zero-order valence-corrected chi connectivity index (χ0v) is 13.4. The number of rotatable bonds is 5. The Morgan fingerprint density at radius 2 is 1.90 bits per heavy atom. The average Bonchev–Trinajstić information content (AvgIpc) is 2.74. The number of benzene rings is 1. The summed E-state index contributed by atoms with van der Waals surface area (Å²) >= 11 is 4.91. The Labute approximate surface area is 129 Å². The predicted molar refractivity (Wildman–Crippen MR) is 83.2 cm³/mol. The fourth-order valence-electron chi connectivity index (χ4n) is 2.04. The fourth-order valence-corrected chi connectivity index (χ4v) is 3.55. The highest BCUT2D eigenvalue weighted by molar-refractivity contribution is 9.10. The second kappa shape index (κ2) is 6.65. The van der Waals surface area contributed by atoms with E-state index in [1.54, 1.807) is 23.3 Å². The molecule has 2 rings (SSSR count). The van der Waals surface area contributed by atoms with Gasteiger partial charge >= 0.3 is 0 Å². The summed E-state index contributed by atoms with van der Waals surface area (Å²) in [4.78, 5) is 2.61. The molecule has 0 saturated carbocycles. The standard InChI is InChI=1S/C14H15BrF2N2S/c1-19(7-11-6-10(15)8-20-11)14-12(16)4-9(2-3-18)5-13(14)17/h4-6,8H,2-3,7,18H2,1H3. The van der Waals surface area contributed by atoms with E-state index in [1.807, 2.05) is 11.4 Å². The number of halogens is 3. The predicted octanol–water partition coefficient (Wildman–Crippen LogP) is 3.93. The lowest BCUT2D eigenvalue weighted by molar-refractivity contribution is 0.573. The van der Waals surface area contributed by atoms with Gasteiger partial charge in [-0.2, -0.15) is 0 Å². The Morgan fingerprint density at radius 1 is 1.25 bits per heavy atom. The number of anilines is 1. The topological polar surface area (TPSA) is 29.3 Å². The maximum absolute atomic E-state index is 14.1. The zero-order chi connectivity index (χ0) is 14.7. The molecule has 0 aliphatic heterocycles. The summed E-state index contributed by atoms with van der Waals surface area (Å²) in [6.07, 6.45) is 0.468. The van der Waals surface area contributed by atoms with Crippen molar-refractivity contribution < 1.29 is 8.78 Å². The Balaban J connectivity index is 2.23. The molecule has 0 spiro atoms. The molecule has 0 unspecified atom stereocenters. The smallest absolute Gasteiger partial charge is 0.149 e. The molecule has 0 fully saturated rings. The first kappa shape index (κ1) is 15.4. The van der Waals surface area contributed by atoms with Crippen LogP contribution in [0.1, 0.15) is 10.4 Å². The maximum Gasteiger partial charge on any atom is 0.149 e. The summed E-state index contributed by atoms with van der Waals surface area (Å²) in [7, 11) is 1.68. The molecule has 0 aliphatic rings. The third-order valence-electron chi connectivity index (χ3n) is 2.91. The van der Waals surface area contributed by atoms with E-state index in [0.29, 0.717) is 25.1 Å². The molecular formula is C14H15BrF2N2S. The highest BCUT2D eigenvalue weighted by Crippen LogP contribution is 2.28. The van der Waals surface area contributed by atoms with Crippen LogP contribution in [0.25, 0.3) is 0 Å². The van der Waals surface area contributed by atoms with Crippen molar-refractivity contribution in [3.63, 3.8) is 0 Å². The second-order valence-corrected chi connectivity index (χ2v) is 6.45. The molecule has 2 nitrogen and oxygen atoms in total. The molecule has 2 N–H and O–H groups in total. The third-order valence-corrected chi connectivity index (χ3v) is 4.59. The van der Waals surface area contributed by atoms with Gasteiger partial charge in [0, 0.05) is 21.8 Å². The van der Waals surface area contributed by atoms with Crippen LogP contribution < -0.4 is 10.6 Å². The van der Waals surface area contributed by atoms with E-state index in [-0.39, 0.29) is 5.69 Å². The average molecular weight is 361 g/mol. The van der Waals surface area contributed by atoms with Crippen LogP contribution in [0.5, 0.6) is 0 Å². The zero-order valence-electron chi connectivity index (χ0n) is 11.0. The molecule has 0 radical (unpaired) electrons. The van der Waals surface area contributed by atoms with Crippen molar-refractivity contribution in [2.45, 2.75) is 13.0 Å². The molecule has 1 heterocycles. The number of hydrogen-bond donors (Lipinski definition) is 1. The molecule has 6 heteroatoms. The van der Waals surface area contributed by atoms with Crippen molar-refractivity contribution in [3.8, 4) is 0 Å². The monoisotopic (exact) mass is 360 g/mol. The van der Waals surface area contributed by atoms with Crippen molar-refractivity contribution >= 4 is 33.0 Å². The van der Waals surface area contributed by atoms with Gasteiger partial charge in [0.15, 0.2) is 0 Å². The van der Waals surface area contributed by atoms with Gasteiger partial charge in [-0.15, -0.1) is 11.3 Å². The summed E-state index contributed by atoms with van der Waals surface area (Å²) in [5.74, 6) is -1.10. The van der Waals surface area contributed by atoms with E-state index in [0.717, 1.165) is 9.35 Å². The van der Waals surface area contributed by atoms with Crippen LogP contribution in [0, 0.1) is 11.6 Å². The van der Waals surface area contributed by atoms with Gasteiger partial charge < -0.3 is 10.6 Å². The van der Waals surface area contributed by atoms with Crippen molar-refractivity contribution in [1.29, 1.82) is 0 Å². The third kappa shape index (κ3) is 3.56. The maximum atomic E-state index is 14.1. The summed E-state index contributed by atoms with van der Waals surface area (Å²) in [5, 5.41) is 1.94. The van der Waals surface area contributed by atoms with E-state index in [4.69, 9.17) is 5.73 Å². The molecule has 1 aromatic heterocycles. The summed E-state index contributed by atoms with van der Waals surface area (Å²) in [5.41, 5.74) is 5.98. The van der Waals surface area contributed by atoms with E-state index in [9.17, 15) is 8.78 Å². The largest absolute Gasteiger partial charge is 0.365 e. The van der Waals surface area contributed by atoms with E-state index < -0.39 is 11.6 Å². The first-order valence-corrected chi connectivity index (χ1v) is 7.80. The number of nitrogens with zero attached hydrogens (tertiary/aromatic N) is 1. The van der Waals surface area contributed by atoms with Gasteiger partial charge in [0.1, 0.15) is 17.3 Å². The molecular weight excluding hydrogens is 346 g/mol. The Bertz CT molecular complexity index is 578. The number of hydrogen-bond acceptors (Lipinski definition) is 3. The van der Waals surface area contributed by atoms with Gasteiger partial charge in [0.2, 0.25) is 0 Å². The minimum atomic E-state index is -0.549. The Kier molecular flexibility index (Phi) is 5.12. The lowest BCUT2D eigenvalue weighted by atomic mass is 10.1. The quantitative estimate of drug-likeness (QED) is 0.875. The van der Waals surface area contributed by atoms with Crippen LogP contribution in [0.3, 0.4) is 0 Å². The fraction of sp³-hybridized carbons (Fsp3) is 0.286. The van der Waals surface area contributed by atoms with Gasteiger partial charge in [-0.25, -0.2) is 8.78 Å². The van der Waals surface area contributed by atoms with Gasteiger partial charge in [-0.1, -0.05) is 0 Å². The molecule has 0 aliphatic carbocycles. The highest BCUT2D eigenvalue weighted by Gasteiger charge is 2.16. The SMILES string of the molecule is CN(Cc1cc(Br)cs1)c1c(F)cc(CCN)cc1F. The van der Waals surface area contributed by atoms with Crippen molar-refractivity contribution in [1.82, 2.24) is 0 Å². The number of nitrogens with two attached hydrogens (primary N) is 1. The van der Waals surface area contributed by atoms with Crippen molar-refractivity contribution in [3.05, 3.63) is 50.1 Å². The van der Waals surface area contributed by atoms with Crippen LogP contribution in [0.15, 0.2) is 28.1 Å². The van der Waals surface area contributed by atoms with Crippen molar-refractivity contribution in [2.75, 3.05) is 18.5 Å². The van der Waals surface area contributed by atoms with Gasteiger partial charge in [0.05, 0.1) is 6.54 Å². The molecule has 0 atom stereocenters. The lowest BCUT2D eigenvalue weighted by Crippen LogP contribution is -2.19. The summed E-state index contributed by atoms with van der Waals surface area (Å²) in [6, 6.07) is 4.65.